The highest BCUT2D eigenvalue weighted by Crippen LogP contribution is 2.14. The molecule has 0 aliphatic rings. The Morgan fingerprint density at radius 3 is 2.18 bits per heavy atom. The van der Waals surface area contributed by atoms with Gasteiger partial charge in [0.25, 0.3) is 0 Å². The van der Waals surface area contributed by atoms with E-state index in [0.717, 1.165) is 13.0 Å². The van der Waals surface area contributed by atoms with E-state index >= 15 is 0 Å². The summed E-state index contributed by atoms with van der Waals surface area (Å²) in [4.78, 5) is 0. The summed E-state index contributed by atoms with van der Waals surface area (Å²) in [7, 11) is 1.87. The van der Waals surface area contributed by atoms with E-state index < -0.39 is 0 Å². The van der Waals surface area contributed by atoms with Crippen molar-refractivity contribution in [1.82, 2.24) is 5.32 Å². The fourth-order valence-electron chi connectivity index (χ4n) is 1.33. The van der Waals surface area contributed by atoms with Gasteiger partial charge in [0.2, 0.25) is 0 Å². The summed E-state index contributed by atoms with van der Waals surface area (Å²) < 4.78 is 0. The molecule has 68 valence electrons. The Morgan fingerprint density at radius 1 is 1.27 bits per heavy atom. The van der Waals surface area contributed by atoms with Crippen LogP contribution >= 0.6 is 0 Å². The zero-order valence-electron chi connectivity index (χ0n) is 7.93. The maximum Gasteiger partial charge on any atom is 0.0667 e. The Kier molecular flexibility index (Phi) is 6.57. The lowest BCUT2D eigenvalue weighted by Crippen LogP contribution is -2.25. The Balaban J connectivity index is 3.44. The van der Waals surface area contributed by atoms with Crippen LogP contribution < -0.4 is 5.32 Å². The smallest absolute Gasteiger partial charge is 0.0667 e. The number of aliphatic hydroxyl groups is 1. The molecule has 0 aliphatic heterocycles. The summed E-state index contributed by atoms with van der Waals surface area (Å²) in [5, 5.41) is 12.4. The first-order valence-corrected chi connectivity index (χ1v) is 4.57. The van der Waals surface area contributed by atoms with Crippen LogP contribution in [-0.2, 0) is 0 Å². The van der Waals surface area contributed by atoms with Crippen molar-refractivity contribution in [2.45, 2.75) is 39.2 Å². The first-order valence-electron chi connectivity index (χ1n) is 4.57. The van der Waals surface area contributed by atoms with Crippen LogP contribution in [0, 0.1) is 5.92 Å². The third kappa shape index (κ3) is 5.22. The van der Waals surface area contributed by atoms with Crippen molar-refractivity contribution in [1.29, 1.82) is 0 Å². The van der Waals surface area contributed by atoms with Gasteiger partial charge in [-0.1, -0.05) is 26.7 Å². The molecule has 2 heteroatoms. The largest absolute Gasteiger partial charge is 0.392 e. The molecular weight excluding hydrogens is 138 g/mol. The van der Waals surface area contributed by atoms with Crippen LogP contribution in [0.25, 0.3) is 0 Å². The summed E-state index contributed by atoms with van der Waals surface area (Å²) >= 11 is 0. The molecule has 1 unspecified atom stereocenters. The quantitative estimate of drug-likeness (QED) is 0.614. The molecule has 0 aromatic rings. The predicted octanol–water partition coefficient (Wildman–Crippen LogP) is 1.39. The van der Waals surface area contributed by atoms with E-state index in [0.29, 0.717) is 5.92 Å². The van der Waals surface area contributed by atoms with Crippen LogP contribution in [0.1, 0.15) is 33.1 Å². The van der Waals surface area contributed by atoms with Gasteiger partial charge in [0, 0.05) is 6.54 Å². The number of rotatable bonds is 6. The number of nitrogens with one attached hydrogen (secondary N) is 1. The summed E-state index contributed by atoms with van der Waals surface area (Å²) in [6, 6.07) is 0. The van der Waals surface area contributed by atoms with Gasteiger partial charge < -0.3 is 10.4 Å². The molecule has 0 rings (SSSR count). The van der Waals surface area contributed by atoms with Crippen LogP contribution in [0.15, 0.2) is 0 Å². The summed E-state index contributed by atoms with van der Waals surface area (Å²) in [6.45, 7) is 5.08. The fraction of sp³-hybridized carbons (Fsp3) is 1.00. The van der Waals surface area contributed by atoms with Crippen molar-refractivity contribution < 1.29 is 5.11 Å². The molecule has 0 aliphatic carbocycles. The molecule has 0 fully saturated rings. The molecule has 0 heterocycles. The van der Waals surface area contributed by atoms with E-state index in [1.54, 1.807) is 0 Å². The first kappa shape index (κ1) is 10.9. The Hall–Kier alpha value is -0.0800. The van der Waals surface area contributed by atoms with Crippen LogP contribution in [0.5, 0.6) is 0 Å². The lowest BCUT2D eigenvalue weighted by Gasteiger charge is -2.16. The molecule has 11 heavy (non-hydrogen) atoms. The monoisotopic (exact) mass is 159 g/mol. The molecule has 0 saturated heterocycles. The van der Waals surface area contributed by atoms with Crippen molar-refractivity contribution in [3.63, 3.8) is 0 Å². The maximum atomic E-state index is 9.42. The van der Waals surface area contributed by atoms with Gasteiger partial charge >= 0.3 is 0 Å². The zero-order valence-corrected chi connectivity index (χ0v) is 7.93. The van der Waals surface area contributed by atoms with Crippen molar-refractivity contribution >= 4 is 0 Å². The summed E-state index contributed by atoms with van der Waals surface area (Å²) in [5.74, 6) is 0.693. The molecule has 0 radical (unpaired) electrons. The number of hydrogen-bond acceptors (Lipinski definition) is 2. The minimum Gasteiger partial charge on any atom is -0.392 e. The second-order valence-electron chi connectivity index (χ2n) is 3.13. The minimum atomic E-state index is -0.162. The number of likely N-dealkylation sites (N-methyl/N-ethyl adjacent to an activating group) is 1. The highest BCUT2D eigenvalue weighted by Gasteiger charge is 2.09. The lowest BCUT2D eigenvalue weighted by atomic mass is 9.96. The Morgan fingerprint density at radius 2 is 1.82 bits per heavy atom. The van der Waals surface area contributed by atoms with Gasteiger partial charge in [-0.3, -0.25) is 0 Å². The third-order valence-corrected chi connectivity index (χ3v) is 2.20. The van der Waals surface area contributed by atoms with Crippen molar-refractivity contribution in [3.05, 3.63) is 0 Å². The second kappa shape index (κ2) is 6.62. The second-order valence-corrected chi connectivity index (χ2v) is 3.13. The lowest BCUT2D eigenvalue weighted by molar-refractivity contribution is 0.139. The van der Waals surface area contributed by atoms with Gasteiger partial charge in [-0.05, 0) is 19.4 Å². The summed E-state index contributed by atoms with van der Waals surface area (Å²) in [6.07, 6.45) is 3.13. The molecule has 0 amide bonds. The molecule has 0 spiro atoms. The molecule has 0 aromatic heterocycles. The van der Waals surface area contributed by atoms with E-state index in [1.807, 2.05) is 7.05 Å². The Bertz CT molecular complexity index is 81.6. The van der Waals surface area contributed by atoms with Gasteiger partial charge in [-0.25, -0.2) is 0 Å². The topological polar surface area (TPSA) is 32.3 Å². The van der Waals surface area contributed by atoms with Gasteiger partial charge in [-0.15, -0.1) is 0 Å². The van der Waals surface area contributed by atoms with E-state index in [9.17, 15) is 5.11 Å². The highest BCUT2D eigenvalue weighted by atomic mass is 16.3. The normalized spacial score (nSPS) is 13.9. The molecule has 1 atom stereocenters. The fourth-order valence-corrected chi connectivity index (χ4v) is 1.33. The average Bonchev–Trinajstić information content (AvgIpc) is 2.01. The highest BCUT2D eigenvalue weighted by molar-refractivity contribution is 4.63. The van der Waals surface area contributed by atoms with Crippen LogP contribution in [-0.4, -0.2) is 24.8 Å². The molecule has 2 nitrogen and oxygen atoms in total. The predicted molar refractivity (Wildman–Crippen MR) is 48.6 cm³/mol. The Labute approximate surface area is 70.0 Å². The number of aliphatic hydroxyl groups excluding tert-OH is 1. The van der Waals surface area contributed by atoms with Crippen LogP contribution in [0.3, 0.4) is 0 Å². The van der Waals surface area contributed by atoms with Gasteiger partial charge in [0.05, 0.1) is 6.10 Å². The van der Waals surface area contributed by atoms with Gasteiger partial charge in [-0.2, -0.15) is 0 Å². The molecule has 0 aromatic carbocycles. The van der Waals surface area contributed by atoms with E-state index in [1.165, 1.54) is 12.8 Å². The van der Waals surface area contributed by atoms with Crippen molar-refractivity contribution in [2.24, 2.45) is 5.92 Å². The SMILES string of the molecule is CCC(CC)CC(O)CNC. The molecule has 2 N–H and O–H groups in total. The third-order valence-electron chi connectivity index (χ3n) is 2.20. The standard InChI is InChI=1S/C9H21NO/c1-4-8(5-2)6-9(11)7-10-3/h8-11H,4-7H2,1-3H3. The summed E-state index contributed by atoms with van der Waals surface area (Å²) in [5.41, 5.74) is 0. The van der Waals surface area contributed by atoms with Crippen molar-refractivity contribution in [2.75, 3.05) is 13.6 Å². The average molecular weight is 159 g/mol. The van der Waals surface area contributed by atoms with E-state index in [2.05, 4.69) is 19.2 Å². The van der Waals surface area contributed by atoms with Crippen LogP contribution in [0.4, 0.5) is 0 Å². The minimum absolute atomic E-state index is 0.162. The first-order chi connectivity index (χ1) is 5.24. The maximum absolute atomic E-state index is 9.42. The number of hydrogen-bond donors (Lipinski definition) is 2. The van der Waals surface area contributed by atoms with Crippen molar-refractivity contribution in [3.8, 4) is 0 Å². The molecular formula is C9H21NO. The van der Waals surface area contributed by atoms with E-state index in [-0.39, 0.29) is 6.10 Å². The van der Waals surface area contributed by atoms with Gasteiger partial charge in [0.15, 0.2) is 0 Å². The molecule has 0 saturated carbocycles. The van der Waals surface area contributed by atoms with Crippen LogP contribution in [0.2, 0.25) is 0 Å². The van der Waals surface area contributed by atoms with Gasteiger partial charge in [0.1, 0.15) is 0 Å². The zero-order chi connectivity index (χ0) is 8.69. The van der Waals surface area contributed by atoms with E-state index in [4.69, 9.17) is 0 Å². The molecule has 0 bridgehead atoms.